The summed E-state index contributed by atoms with van der Waals surface area (Å²) in [7, 11) is 0. The molecule has 1 aliphatic rings. The smallest absolute Gasteiger partial charge is 0.260 e. The molecule has 2 atom stereocenters. The molecule has 5 heteroatoms. The third-order valence-electron chi connectivity index (χ3n) is 3.95. The number of hydrogen-bond acceptors (Lipinski definition) is 3. The van der Waals surface area contributed by atoms with Crippen molar-refractivity contribution in [3.05, 3.63) is 29.8 Å². The van der Waals surface area contributed by atoms with Gasteiger partial charge in [0, 0.05) is 6.54 Å². The summed E-state index contributed by atoms with van der Waals surface area (Å²) in [6.45, 7) is 6.75. The summed E-state index contributed by atoms with van der Waals surface area (Å²) < 4.78 is 5.65. The van der Waals surface area contributed by atoms with Gasteiger partial charge >= 0.3 is 0 Å². The van der Waals surface area contributed by atoms with Crippen molar-refractivity contribution in [3.8, 4) is 5.75 Å². The zero-order chi connectivity index (χ0) is 15.1. The molecule has 2 rings (SSSR count). The summed E-state index contributed by atoms with van der Waals surface area (Å²) in [5, 5.41) is 6.37. The monoisotopic (exact) mass is 326 g/mol. The predicted molar refractivity (Wildman–Crippen MR) is 91.7 cm³/mol. The van der Waals surface area contributed by atoms with Gasteiger partial charge in [-0.05, 0) is 64.3 Å². The lowest BCUT2D eigenvalue weighted by Gasteiger charge is -2.23. The Morgan fingerprint density at radius 2 is 2.14 bits per heavy atom. The summed E-state index contributed by atoms with van der Waals surface area (Å²) in [4.78, 5) is 12.0. The number of carbonyl (C=O) groups excluding carboxylic acids is 1. The molecule has 1 saturated heterocycles. The van der Waals surface area contributed by atoms with Crippen molar-refractivity contribution in [3.63, 3.8) is 0 Å². The molecule has 1 fully saturated rings. The van der Waals surface area contributed by atoms with E-state index in [0.717, 1.165) is 31.8 Å². The Morgan fingerprint density at radius 3 is 2.77 bits per heavy atom. The van der Waals surface area contributed by atoms with Gasteiger partial charge in [0.25, 0.3) is 5.91 Å². The van der Waals surface area contributed by atoms with Crippen LogP contribution in [0.2, 0.25) is 0 Å². The van der Waals surface area contributed by atoms with Crippen molar-refractivity contribution in [2.24, 2.45) is 5.92 Å². The minimum atomic E-state index is -0.461. The standard InChI is InChI=1S/C17H26N2O2.ClH/c1-13-5-7-16(8-6-13)21-14(2)17(20)19-11-9-15-4-3-10-18-12-15;/h5-8,14-15,18H,3-4,9-12H2,1-2H3,(H,19,20);1H. The van der Waals surface area contributed by atoms with Crippen LogP contribution in [0.3, 0.4) is 0 Å². The van der Waals surface area contributed by atoms with Gasteiger partial charge in [-0.1, -0.05) is 17.7 Å². The molecule has 4 nitrogen and oxygen atoms in total. The van der Waals surface area contributed by atoms with Gasteiger partial charge in [0.15, 0.2) is 6.10 Å². The predicted octanol–water partition coefficient (Wildman–Crippen LogP) is 2.69. The number of nitrogens with one attached hydrogen (secondary N) is 2. The van der Waals surface area contributed by atoms with Crippen molar-refractivity contribution < 1.29 is 9.53 Å². The second-order valence-electron chi connectivity index (χ2n) is 5.87. The van der Waals surface area contributed by atoms with E-state index in [1.165, 1.54) is 18.4 Å². The number of benzene rings is 1. The van der Waals surface area contributed by atoms with Crippen LogP contribution in [0.5, 0.6) is 5.75 Å². The lowest BCUT2D eigenvalue weighted by molar-refractivity contribution is -0.127. The second-order valence-corrected chi connectivity index (χ2v) is 5.87. The van der Waals surface area contributed by atoms with Gasteiger partial charge in [-0.2, -0.15) is 0 Å². The number of ether oxygens (including phenoxy) is 1. The number of halogens is 1. The van der Waals surface area contributed by atoms with Crippen LogP contribution in [-0.2, 0) is 4.79 Å². The normalized spacial score (nSPS) is 18.9. The van der Waals surface area contributed by atoms with Crippen LogP contribution in [0.4, 0.5) is 0 Å². The summed E-state index contributed by atoms with van der Waals surface area (Å²) in [6.07, 6.45) is 3.08. The Bertz CT molecular complexity index is 444. The van der Waals surface area contributed by atoms with Gasteiger partial charge in [-0.25, -0.2) is 0 Å². The fourth-order valence-electron chi connectivity index (χ4n) is 2.59. The average Bonchev–Trinajstić information content (AvgIpc) is 2.50. The minimum absolute atomic E-state index is 0. The summed E-state index contributed by atoms with van der Waals surface area (Å²) in [6, 6.07) is 7.76. The molecule has 2 unspecified atom stereocenters. The van der Waals surface area contributed by atoms with Crippen LogP contribution in [0.15, 0.2) is 24.3 Å². The number of amides is 1. The van der Waals surface area contributed by atoms with E-state index >= 15 is 0 Å². The molecular formula is C17H27ClN2O2. The fraction of sp³-hybridized carbons (Fsp3) is 0.588. The molecule has 124 valence electrons. The molecule has 2 N–H and O–H groups in total. The second kappa shape index (κ2) is 9.70. The maximum atomic E-state index is 12.0. The van der Waals surface area contributed by atoms with Crippen LogP contribution in [-0.4, -0.2) is 31.6 Å². The van der Waals surface area contributed by atoms with E-state index in [1.54, 1.807) is 6.92 Å². The number of aryl methyl sites for hydroxylation is 1. The van der Waals surface area contributed by atoms with E-state index in [1.807, 2.05) is 31.2 Å². The van der Waals surface area contributed by atoms with Gasteiger partial charge in [0.1, 0.15) is 5.75 Å². The van der Waals surface area contributed by atoms with Crippen LogP contribution in [0.1, 0.15) is 31.7 Å². The van der Waals surface area contributed by atoms with Gasteiger partial charge in [-0.15, -0.1) is 12.4 Å². The van der Waals surface area contributed by atoms with Crippen LogP contribution in [0, 0.1) is 12.8 Å². The maximum absolute atomic E-state index is 12.0. The summed E-state index contributed by atoms with van der Waals surface area (Å²) in [5.41, 5.74) is 1.18. The Morgan fingerprint density at radius 1 is 1.41 bits per heavy atom. The van der Waals surface area contributed by atoms with Crippen molar-refractivity contribution in [1.82, 2.24) is 10.6 Å². The third-order valence-corrected chi connectivity index (χ3v) is 3.95. The molecule has 1 aromatic carbocycles. The van der Waals surface area contributed by atoms with Crippen molar-refractivity contribution >= 4 is 18.3 Å². The first kappa shape index (κ1) is 18.8. The van der Waals surface area contributed by atoms with Crippen molar-refractivity contribution in [2.75, 3.05) is 19.6 Å². The topological polar surface area (TPSA) is 50.4 Å². The molecule has 0 saturated carbocycles. The highest BCUT2D eigenvalue weighted by molar-refractivity contribution is 5.85. The third kappa shape index (κ3) is 6.24. The first-order valence-electron chi connectivity index (χ1n) is 7.87. The lowest BCUT2D eigenvalue weighted by Crippen LogP contribution is -2.38. The van der Waals surface area contributed by atoms with E-state index in [4.69, 9.17) is 4.74 Å². The Hall–Kier alpha value is -1.26. The van der Waals surface area contributed by atoms with Crippen molar-refractivity contribution in [2.45, 2.75) is 39.2 Å². The van der Waals surface area contributed by atoms with E-state index in [2.05, 4.69) is 10.6 Å². The Balaban J connectivity index is 0.00000242. The summed E-state index contributed by atoms with van der Waals surface area (Å²) in [5.74, 6) is 1.38. The van der Waals surface area contributed by atoms with E-state index in [-0.39, 0.29) is 18.3 Å². The number of piperidine rings is 1. The molecule has 0 bridgehead atoms. The van der Waals surface area contributed by atoms with Gasteiger partial charge in [0.05, 0.1) is 0 Å². The molecule has 0 aromatic heterocycles. The average molecular weight is 327 g/mol. The van der Waals surface area contributed by atoms with Crippen molar-refractivity contribution in [1.29, 1.82) is 0 Å². The molecule has 0 aliphatic carbocycles. The molecule has 1 aliphatic heterocycles. The van der Waals surface area contributed by atoms with E-state index < -0.39 is 6.10 Å². The first-order chi connectivity index (χ1) is 10.1. The molecule has 22 heavy (non-hydrogen) atoms. The molecule has 0 radical (unpaired) electrons. The molecule has 1 amide bonds. The highest BCUT2D eigenvalue weighted by atomic mass is 35.5. The highest BCUT2D eigenvalue weighted by Crippen LogP contribution is 2.14. The molecule has 1 aromatic rings. The van der Waals surface area contributed by atoms with Crippen LogP contribution < -0.4 is 15.4 Å². The molecular weight excluding hydrogens is 300 g/mol. The maximum Gasteiger partial charge on any atom is 0.260 e. The van der Waals surface area contributed by atoms with Gasteiger partial charge in [0.2, 0.25) is 0 Å². The SMILES string of the molecule is Cc1ccc(OC(C)C(=O)NCCC2CCCNC2)cc1.Cl. The van der Waals surface area contributed by atoms with E-state index in [9.17, 15) is 4.79 Å². The zero-order valence-electron chi connectivity index (χ0n) is 13.4. The fourth-order valence-corrected chi connectivity index (χ4v) is 2.59. The van der Waals surface area contributed by atoms with Crippen LogP contribution >= 0.6 is 12.4 Å². The quantitative estimate of drug-likeness (QED) is 0.845. The Kier molecular flexibility index (Phi) is 8.28. The van der Waals surface area contributed by atoms with Crippen LogP contribution in [0.25, 0.3) is 0 Å². The van der Waals surface area contributed by atoms with E-state index in [0.29, 0.717) is 5.92 Å². The first-order valence-corrected chi connectivity index (χ1v) is 7.87. The minimum Gasteiger partial charge on any atom is -0.481 e. The zero-order valence-corrected chi connectivity index (χ0v) is 14.2. The Labute approximate surface area is 139 Å². The number of rotatable bonds is 6. The summed E-state index contributed by atoms with van der Waals surface area (Å²) >= 11 is 0. The molecule has 0 spiro atoms. The molecule has 1 heterocycles. The number of hydrogen-bond donors (Lipinski definition) is 2. The van der Waals surface area contributed by atoms with Gasteiger partial charge < -0.3 is 15.4 Å². The largest absolute Gasteiger partial charge is 0.481 e. The van der Waals surface area contributed by atoms with Gasteiger partial charge in [-0.3, -0.25) is 4.79 Å². The number of carbonyl (C=O) groups is 1. The lowest BCUT2D eigenvalue weighted by atomic mass is 9.96. The highest BCUT2D eigenvalue weighted by Gasteiger charge is 2.16.